The highest BCUT2D eigenvalue weighted by molar-refractivity contribution is 5.85. The summed E-state index contributed by atoms with van der Waals surface area (Å²) in [4.78, 5) is 0.554. The quantitative estimate of drug-likeness (QED) is 0.273. The van der Waals surface area contributed by atoms with Crippen molar-refractivity contribution in [2.75, 3.05) is 25.0 Å². The third-order valence-electron chi connectivity index (χ3n) is 2.80. The van der Waals surface area contributed by atoms with Crippen LogP contribution in [-0.4, -0.2) is 37.3 Å². The molecule has 0 unspecified atom stereocenters. The van der Waals surface area contributed by atoms with Gasteiger partial charge in [-0.05, 0) is 18.2 Å². The van der Waals surface area contributed by atoms with Crippen LogP contribution < -0.4 is 16.5 Å². The van der Waals surface area contributed by atoms with E-state index in [9.17, 15) is 26.3 Å². The van der Waals surface area contributed by atoms with Gasteiger partial charge in [-0.2, -0.15) is 31.6 Å². The van der Waals surface area contributed by atoms with Crippen LogP contribution in [-0.2, 0) is 6.18 Å². The van der Waals surface area contributed by atoms with Gasteiger partial charge in [-0.25, -0.2) is 11.0 Å². The van der Waals surface area contributed by atoms with Crippen molar-refractivity contribution in [1.29, 1.82) is 5.26 Å². The molecule has 6 nitrogen and oxygen atoms in total. The molecule has 0 amide bonds. The Bertz CT molecular complexity index is 673. The number of halogens is 6. The maximum atomic E-state index is 13.0. The van der Waals surface area contributed by atoms with E-state index in [1.54, 1.807) is 0 Å². The zero-order chi connectivity index (χ0) is 19.4. The molecule has 0 aliphatic rings. The number of hydrogen-bond acceptors (Lipinski definition) is 5. The van der Waals surface area contributed by atoms with Crippen LogP contribution in [0.25, 0.3) is 0 Å². The third kappa shape index (κ3) is 6.38. The van der Waals surface area contributed by atoms with Gasteiger partial charge in [0.1, 0.15) is 12.4 Å². The van der Waals surface area contributed by atoms with Gasteiger partial charge >= 0.3 is 12.4 Å². The average Bonchev–Trinajstić information content (AvgIpc) is 2.42. The lowest BCUT2D eigenvalue weighted by Gasteiger charge is -2.26. The average molecular weight is 368 g/mol. The summed E-state index contributed by atoms with van der Waals surface area (Å²) in [5.41, 5.74) is 3.00. The van der Waals surface area contributed by atoms with Crippen LogP contribution in [0.5, 0.6) is 0 Å². The van der Waals surface area contributed by atoms with Crippen molar-refractivity contribution in [3.8, 4) is 6.07 Å². The summed E-state index contributed by atoms with van der Waals surface area (Å²) in [5.74, 6) is 4.85. The summed E-state index contributed by atoms with van der Waals surface area (Å²) in [7, 11) is 1.27. The Morgan fingerprint density at radius 2 is 1.84 bits per heavy atom. The second-order valence-corrected chi connectivity index (χ2v) is 4.98. The molecule has 1 aromatic carbocycles. The van der Waals surface area contributed by atoms with E-state index in [4.69, 9.17) is 16.8 Å². The summed E-state index contributed by atoms with van der Waals surface area (Å²) in [5, 5.41) is 13.0. The number of hydrazone groups is 1. The van der Waals surface area contributed by atoms with Crippen LogP contribution in [0.4, 0.5) is 32.0 Å². The number of rotatable bonds is 5. The number of nitriles is 1. The maximum Gasteiger partial charge on any atom is 0.417 e. The van der Waals surface area contributed by atoms with Crippen LogP contribution in [0, 0.1) is 11.3 Å². The SMILES string of the molecule is CN(N)/N=C(\N)CN(CC(F)(F)F)c1ccc(C#N)c(C(F)(F)F)c1. The largest absolute Gasteiger partial charge is 0.417 e. The van der Waals surface area contributed by atoms with Crippen molar-refractivity contribution in [2.24, 2.45) is 16.7 Å². The molecular weight excluding hydrogens is 354 g/mol. The highest BCUT2D eigenvalue weighted by Crippen LogP contribution is 2.35. The van der Waals surface area contributed by atoms with Gasteiger partial charge < -0.3 is 10.6 Å². The molecule has 0 aromatic heterocycles. The molecule has 25 heavy (non-hydrogen) atoms. The van der Waals surface area contributed by atoms with Crippen LogP contribution >= 0.6 is 0 Å². The summed E-state index contributed by atoms with van der Waals surface area (Å²) in [6.45, 7) is -2.19. The lowest BCUT2D eigenvalue weighted by Crippen LogP contribution is -2.41. The van der Waals surface area contributed by atoms with E-state index in [1.807, 2.05) is 0 Å². The van der Waals surface area contributed by atoms with Gasteiger partial charge in [-0.3, -0.25) is 0 Å². The minimum atomic E-state index is -4.90. The van der Waals surface area contributed by atoms with E-state index >= 15 is 0 Å². The van der Waals surface area contributed by atoms with E-state index in [0.717, 1.165) is 17.3 Å². The monoisotopic (exact) mass is 368 g/mol. The predicted molar refractivity (Wildman–Crippen MR) is 78.0 cm³/mol. The molecule has 0 aliphatic carbocycles. The highest BCUT2D eigenvalue weighted by Gasteiger charge is 2.36. The fourth-order valence-corrected chi connectivity index (χ4v) is 1.95. The lowest BCUT2D eigenvalue weighted by atomic mass is 10.1. The highest BCUT2D eigenvalue weighted by atomic mass is 19.4. The van der Waals surface area contributed by atoms with Gasteiger partial charge in [0, 0.05) is 12.7 Å². The van der Waals surface area contributed by atoms with E-state index in [1.165, 1.54) is 13.1 Å². The number of alkyl halides is 6. The van der Waals surface area contributed by atoms with E-state index in [0.29, 0.717) is 11.0 Å². The van der Waals surface area contributed by atoms with Crippen molar-refractivity contribution in [1.82, 2.24) is 5.12 Å². The summed E-state index contributed by atoms with van der Waals surface area (Å²) in [6.07, 6.45) is -9.61. The van der Waals surface area contributed by atoms with Crippen molar-refractivity contribution in [3.05, 3.63) is 29.3 Å². The molecule has 0 saturated heterocycles. The molecule has 0 atom stereocenters. The van der Waals surface area contributed by atoms with Gasteiger partial charge in [0.2, 0.25) is 0 Å². The molecule has 12 heteroatoms. The number of anilines is 1. The first-order chi connectivity index (χ1) is 11.3. The van der Waals surface area contributed by atoms with Gasteiger partial charge in [-0.15, -0.1) is 5.10 Å². The molecule has 0 fully saturated rings. The fourth-order valence-electron chi connectivity index (χ4n) is 1.95. The number of amidine groups is 1. The molecule has 0 bridgehead atoms. The Morgan fingerprint density at radius 3 is 2.28 bits per heavy atom. The predicted octanol–water partition coefficient (Wildman–Crippen LogP) is 2.02. The smallest absolute Gasteiger partial charge is 0.384 e. The Hall–Kier alpha value is -2.68. The van der Waals surface area contributed by atoms with Gasteiger partial charge in [-0.1, -0.05) is 0 Å². The van der Waals surface area contributed by atoms with Gasteiger partial charge in [0.05, 0.1) is 23.7 Å². The molecule has 0 heterocycles. The summed E-state index contributed by atoms with van der Waals surface area (Å²) < 4.78 is 77.2. The van der Waals surface area contributed by atoms with Crippen LogP contribution in [0.15, 0.2) is 23.3 Å². The third-order valence-corrected chi connectivity index (χ3v) is 2.80. The summed E-state index contributed by atoms with van der Waals surface area (Å²) >= 11 is 0. The van der Waals surface area contributed by atoms with E-state index in [2.05, 4.69) is 5.10 Å². The Balaban J connectivity index is 3.33. The Labute approximate surface area is 138 Å². The minimum absolute atomic E-state index is 0.341. The molecule has 4 N–H and O–H groups in total. The standard InChI is InChI=1S/C13H14F6N6/c1-24(22)23-11(21)6-25(7-12(14,15)16)9-3-2-8(5-20)10(4-9)13(17,18)19/h2-4H,6-7,22H2,1H3,(H2,21,23). The molecule has 0 aliphatic heterocycles. The fraction of sp³-hybridized carbons (Fsp3) is 0.385. The molecule has 0 spiro atoms. The second kappa shape index (κ2) is 7.47. The maximum absolute atomic E-state index is 13.0. The molecule has 1 aromatic rings. The van der Waals surface area contributed by atoms with Gasteiger partial charge in [0.15, 0.2) is 0 Å². The van der Waals surface area contributed by atoms with Crippen molar-refractivity contribution in [3.63, 3.8) is 0 Å². The first-order valence-electron chi connectivity index (χ1n) is 6.58. The normalized spacial score (nSPS) is 12.7. The van der Waals surface area contributed by atoms with Crippen molar-refractivity contribution >= 4 is 11.5 Å². The molecule has 138 valence electrons. The topological polar surface area (TPSA) is 94.7 Å². The van der Waals surface area contributed by atoms with Crippen LogP contribution in [0.3, 0.4) is 0 Å². The Kier molecular flexibility index (Phi) is 6.09. The van der Waals surface area contributed by atoms with Crippen molar-refractivity contribution in [2.45, 2.75) is 12.4 Å². The first kappa shape index (κ1) is 20.4. The number of hydrogen-bond donors (Lipinski definition) is 2. The molecular formula is C13H14F6N6. The number of benzene rings is 1. The zero-order valence-corrected chi connectivity index (χ0v) is 12.9. The number of hydrazine groups is 1. The molecule has 0 saturated carbocycles. The molecule has 0 radical (unpaired) electrons. The van der Waals surface area contributed by atoms with E-state index < -0.39 is 42.3 Å². The van der Waals surface area contributed by atoms with Crippen molar-refractivity contribution < 1.29 is 26.3 Å². The summed E-state index contributed by atoms with van der Waals surface area (Å²) in [6, 6.07) is 3.58. The Morgan fingerprint density at radius 1 is 1.24 bits per heavy atom. The van der Waals surface area contributed by atoms with E-state index in [-0.39, 0.29) is 5.84 Å². The molecule has 1 rings (SSSR count). The van der Waals surface area contributed by atoms with Gasteiger partial charge in [0.25, 0.3) is 0 Å². The van der Waals surface area contributed by atoms with Crippen LogP contribution in [0.2, 0.25) is 0 Å². The minimum Gasteiger partial charge on any atom is -0.384 e. The lowest BCUT2D eigenvalue weighted by molar-refractivity contribution is -0.137. The zero-order valence-electron chi connectivity index (χ0n) is 12.9. The van der Waals surface area contributed by atoms with Crippen LogP contribution in [0.1, 0.15) is 11.1 Å². The number of nitrogens with two attached hydrogens (primary N) is 2. The second-order valence-electron chi connectivity index (χ2n) is 4.98. The number of nitrogens with zero attached hydrogens (tertiary/aromatic N) is 4. The first-order valence-corrected chi connectivity index (χ1v) is 6.58.